The zero-order valence-corrected chi connectivity index (χ0v) is 8.51. The van der Waals surface area contributed by atoms with Crippen LogP contribution in [0.3, 0.4) is 0 Å². The maximum absolute atomic E-state index is 5.26. The van der Waals surface area contributed by atoms with Crippen LogP contribution in [0.2, 0.25) is 0 Å². The highest BCUT2D eigenvalue weighted by Gasteiger charge is 1.98. The van der Waals surface area contributed by atoms with Crippen LogP contribution in [0.4, 0.5) is 0 Å². The number of hydrogen-bond acceptors (Lipinski definition) is 2. The first kappa shape index (κ1) is 11.9. The van der Waals surface area contributed by atoms with Gasteiger partial charge in [0.05, 0.1) is 0 Å². The number of rotatable bonds is 8. The number of nitrogens with zero attached hydrogens (tertiary/aromatic N) is 1. The van der Waals surface area contributed by atoms with Crippen LogP contribution in [-0.4, -0.2) is 37.7 Å². The molecule has 0 unspecified atom stereocenters. The molecule has 73 valence electrons. The monoisotopic (exact) mass is 172 g/mol. The summed E-state index contributed by atoms with van der Waals surface area (Å²) in [5, 5.41) is 0. The van der Waals surface area contributed by atoms with Gasteiger partial charge in [0, 0.05) is 19.8 Å². The maximum atomic E-state index is 5.26. The van der Waals surface area contributed by atoms with E-state index in [0.29, 0.717) is 0 Å². The third-order valence-electron chi connectivity index (χ3n) is 1.89. The van der Waals surface area contributed by atoms with Crippen molar-refractivity contribution in [3.8, 4) is 0 Å². The van der Waals surface area contributed by atoms with Crippen molar-refractivity contribution in [1.29, 1.82) is 0 Å². The fourth-order valence-corrected chi connectivity index (χ4v) is 1.19. The third kappa shape index (κ3) is 6.62. The minimum Gasteiger partial charge on any atom is -0.382 e. The van der Waals surface area contributed by atoms with Crippen LogP contribution in [0.1, 0.15) is 26.7 Å². The van der Waals surface area contributed by atoms with Crippen molar-refractivity contribution >= 4 is 0 Å². The van der Waals surface area contributed by atoms with Gasteiger partial charge in [-0.2, -0.15) is 0 Å². The van der Waals surface area contributed by atoms with Crippen LogP contribution in [0.5, 0.6) is 0 Å². The molecule has 0 N–H and O–H groups in total. The van der Waals surface area contributed by atoms with Gasteiger partial charge in [-0.25, -0.2) is 0 Å². The molecule has 0 spiro atoms. The Kier molecular flexibility index (Phi) is 8.95. The number of hydrogen-bond donors (Lipinski definition) is 0. The van der Waals surface area contributed by atoms with Crippen LogP contribution >= 0.6 is 0 Å². The third-order valence-corrected chi connectivity index (χ3v) is 1.89. The molecule has 2 nitrogen and oxygen atoms in total. The summed E-state index contributed by atoms with van der Waals surface area (Å²) < 4.78 is 5.26. The summed E-state index contributed by atoms with van der Waals surface area (Å²) in [6, 6.07) is 0. The summed E-state index contributed by atoms with van der Waals surface area (Å²) in [7, 11) is 0. The lowest BCUT2D eigenvalue weighted by molar-refractivity contribution is 0.133. The molecule has 0 heterocycles. The van der Waals surface area contributed by atoms with E-state index in [1.807, 2.05) is 6.92 Å². The lowest BCUT2D eigenvalue weighted by atomic mass is 10.3. The topological polar surface area (TPSA) is 12.5 Å². The van der Waals surface area contributed by atoms with Gasteiger partial charge in [0.2, 0.25) is 0 Å². The van der Waals surface area contributed by atoms with Crippen LogP contribution in [0, 0.1) is 6.92 Å². The highest BCUT2D eigenvalue weighted by Crippen LogP contribution is 1.93. The average molecular weight is 172 g/mol. The Morgan fingerprint density at radius 3 is 2.50 bits per heavy atom. The van der Waals surface area contributed by atoms with Gasteiger partial charge in [0.1, 0.15) is 0 Å². The molecule has 0 aromatic rings. The van der Waals surface area contributed by atoms with E-state index in [0.717, 1.165) is 45.7 Å². The lowest BCUT2D eigenvalue weighted by Crippen LogP contribution is -2.26. The van der Waals surface area contributed by atoms with Gasteiger partial charge in [-0.3, -0.25) is 0 Å². The van der Waals surface area contributed by atoms with Gasteiger partial charge in [-0.05, 0) is 32.9 Å². The van der Waals surface area contributed by atoms with Crippen molar-refractivity contribution in [1.82, 2.24) is 4.90 Å². The first-order chi connectivity index (χ1) is 5.85. The quantitative estimate of drug-likeness (QED) is 0.519. The highest BCUT2D eigenvalue weighted by molar-refractivity contribution is 4.55. The summed E-state index contributed by atoms with van der Waals surface area (Å²) >= 11 is 0. The Labute approximate surface area is 76.9 Å². The highest BCUT2D eigenvalue weighted by atomic mass is 16.5. The minimum atomic E-state index is 0.835. The molecule has 2 heteroatoms. The second kappa shape index (κ2) is 9.01. The molecule has 0 fully saturated rings. The Balaban J connectivity index is 3.19. The normalized spacial score (nSPS) is 11.0. The van der Waals surface area contributed by atoms with Crippen molar-refractivity contribution in [2.45, 2.75) is 26.7 Å². The molecule has 0 rings (SSSR count). The lowest BCUT2D eigenvalue weighted by Gasteiger charge is -2.18. The zero-order chi connectivity index (χ0) is 9.23. The molecule has 0 saturated heterocycles. The molecule has 0 atom stereocenters. The standard InChI is InChI=1S/C10H22NO/c1-4-8-11(5-2)9-7-10-12-6-3/h1,4-10H2,2-3H3. The second-order valence-corrected chi connectivity index (χ2v) is 2.84. The van der Waals surface area contributed by atoms with Gasteiger partial charge >= 0.3 is 0 Å². The summed E-state index contributed by atoms with van der Waals surface area (Å²) in [5.74, 6) is 0. The Hall–Kier alpha value is -0.0800. The summed E-state index contributed by atoms with van der Waals surface area (Å²) in [5.41, 5.74) is 0. The smallest absolute Gasteiger partial charge is 0.0478 e. The first-order valence-electron chi connectivity index (χ1n) is 4.94. The molecular weight excluding hydrogens is 150 g/mol. The van der Waals surface area contributed by atoms with E-state index in [-0.39, 0.29) is 0 Å². The van der Waals surface area contributed by atoms with E-state index in [2.05, 4.69) is 18.7 Å². The van der Waals surface area contributed by atoms with E-state index in [1.54, 1.807) is 0 Å². The maximum Gasteiger partial charge on any atom is 0.0478 e. The van der Waals surface area contributed by atoms with E-state index >= 15 is 0 Å². The van der Waals surface area contributed by atoms with Crippen molar-refractivity contribution < 1.29 is 4.74 Å². The van der Waals surface area contributed by atoms with Gasteiger partial charge in [0.25, 0.3) is 0 Å². The molecule has 0 saturated carbocycles. The summed E-state index contributed by atoms with van der Waals surface area (Å²) in [4.78, 5) is 2.41. The molecule has 0 aromatic heterocycles. The van der Waals surface area contributed by atoms with E-state index in [4.69, 9.17) is 4.74 Å². The molecule has 0 aliphatic rings. The van der Waals surface area contributed by atoms with E-state index < -0.39 is 0 Å². The molecule has 1 radical (unpaired) electrons. The molecular formula is C10H22NO. The molecule has 0 amide bonds. The van der Waals surface area contributed by atoms with Gasteiger partial charge in [-0.1, -0.05) is 13.8 Å². The van der Waals surface area contributed by atoms with E-state index in [9.17, 15) is 0 Å². The Morgan fingerprint density at radius 2 is 2.00 bits per heavy atom. The molecule has 0 bridgehead atoms. The Bertz CT molecular complexity index is 85.9. The summed E-state index contributed by atoms with van der Waals surface area (Å²) in [6.45, 7) is 13.2. The van der Waals surface area contributed by atoms with Crippen LogP contribution < -0.4 is 0 Å². The van der Waals surface area contributed by atoms with Crippen molar-refractivity contribution in [2.24, 2.45) is 0 Å². The van der Waals surface area contributed by atoms with Crippen LogP contribution in [0.15, 0.2) is 0 Å². The molecule has 0 aliphatic heterocycles. The predicted octanol–water partition coefficient (Wildman–Crippen LogP) is 1.96. The van der Waals surface area contributed by atoms with Crippen molar-refractivity contribution in [2.75, 3.05) is 32.8 Å². The van der Waals surface area contributed by atoms with Gasteiger partial charge < -0.3 is 9.64 Å². The Morgan fingerprint density at radius 1 is 1.25 bits per heavy atom. The first-order valence-corrected chi connectivity index (χ1v) is 4.94. The average Bonchev–Trinajstić information content (AvgIpc) is 2.10. The van der Waals surface area contributed by atoms with Gasteiger partial charge in [0.15, 0.2) is 0 Å². The fourth-order valence-electron chi connectivity index (χ4n) is 1.19. The summed E-state index contributed by atoms with van der Waals surface area (Å²) in [6.07, 6.45) is 2.14. The van der Waals surface area contributed by atoms with Crippen molar-refractivity contribution in [3.05, 3.63) is 6.92 Å². The second-order valence-electron chi connectivity index (χ2n) is 2.84. The molecule has 0 aliphatic carbocycles. The number of ether oxygens (including phenoxy) is 1. The van der Waals surface area contributed by atoms with Gasteiger partial charge in [-0.15, -0.1) is 0 Å². The zero-order valence-electron chi connectivity index (χ0n) is 8.51. The largest absolute Gasteiger partial charge is 0.382 e. The van der Waals surface area contributed by atoms with Crippen LogP contribution in [0.25, 0.3) is 0 Å². The molecule has 12 heavy (non-hydrogen) atoms. The fraction of sp³-hybridized carbons (Fsp3) is 0.900. The SMILES string of the molecule is [CH2]CCN(CC)CCCOCC. The van der Waals surface area contributed by atoms with Crippen LogP contribution in [-0.2, 0) is 4.74 Å². The van der Waals surface area contributed by atoms with E-state index in [1.165, 1.54) is 0 Å². The molecule has 0 aromatic carbocycles. The minimum absolute atomic E-state index is 0.835. The van der Waals surface area contributed by atoms with Crippen molar-refractivity contribution in [3.63, 3.8) is 0 Å². The predicted molar refractivity (Wildman–Crippen MR) is 53.2 cm³/mol.